The zero-order valence-corrected chi connectivity index (χ0v) is 25.1. The number of amides is 1. The Kier molecular flexibility index (Phi) is 8.56. The smallest absolute Gasteiger partial charge is 0.293 e. The average molecular weight is 566 g/mol. The molecule has 0 bridgehead atoms. The lowest BCUT2D eigenvalue weighted by atomic mass is 9.97. The maximum absolute atomic E-state index is 13.7. The fraction of sp³-hybridized carbons (Fsp3) is 0.324. The van der Waals surface area contributed by atoms with E-state index in [0.29, 0.717) is 11.3 Å². The summed E-state index contributed by atoms with van der Waals surface area (Å²) < 4.78 is 7.02. The van der Waals surface area contributed by atoms with Gasteiger partial charge in [-0.3, -0.25) is 14.5 Å². The lowest BCUT2D eigenvalue weighted by Gasteiger charge is -2.37. The summed E-state index contributed by atoms with van der Waals surface area (Å²) in [6.07, 6.45) is 1.74. The molecule has 3 aromatic carbocycles. The number of anilines is 3. The molecule has 0 spiro atoms. The summed E-state index contributed by atoms with van der Waals surface area (Å²) in [6.45, 7) is 12.2. The molecule has 1 N–H and O–H groups in total. The Morgan fingerprint density at radius 3 is 2.43 bits per heavy atom. The molecule has 1 aliphatic heterocycles. The summed E-state index contributed by atoms with van der Waals surface area (Å²) in [7, 11) is 1.73. The van der Waals surface area contributed by atoms with Crippen molar-refractivity contribution in [3.63, 3.8) is 0 Å². The highest BCUT2D eigenvalue weighted by molar-refractivity contribution is 6.07. The Hall–Kier alpha value is -4.27. The summed E-state index contributed by atoms with van der Waals surface area (Å²) in [5.41, 5.74) is 5.08. The van der Waals surface area contributed by atoms with Crippen LogP contribution >= 0.6 is 0 Å². The summed E-state index contributed by atoms with van der Waals surface area (Å²) >= 11 is 0. The Morgan fingerprint density at radius 2 is 1.71 bits per heavy atom. The predicted octanol–water partition coefficient (Wildman–Crippen LogP) is 5.78. The number of ether oxygens (including phenoxy) is 1. The number of carbonyl (C=O) groups excluding carboxylic acids is 1. The summed E-state index contributed by atoms with van der Waals surface area (Å²) in [4.78, 5) is 35.9. The van der Waals surface area contributed by atoms with Crippen LogP contribution in [0.25, 0.3) is 11.3 Å². The number of rotatable bonds is 7. The van der Waals surface area contributed by atoms with E-state index in [2.05, 4.69) is 22.3 Å². The molecule has 8 heteroatoms. The minimum atomic E-state index is -0.480. The number of benzene rings is 3. The predicted molar refractivity (Wildman–Crippen MR) is 168 cm³/mol. The van der Waals surface area contributed by atoms with Crippen LogP contribution in [0.2, 0.25) is 0 Å². The van der Waals surface area contributed by atoms with Crippen molar-refractivity contribution in [1.29, 1.82) is 0 Å². The van der Waals surface area contributed by atoms with Crippen LogP contribution in [0.5, 0.6) is 0 Å². The standard InChI is InChI=1S/C34H39N5O3/c1-24-28(15-10-16-30(24)39(34(2,3)4)32(40)26-12-7-6-8-13-26)29-23-37(5)33(41)31(36-29)35-27-14-9-11-25(21-27)22-38-17-19-42-20-18-38/h6-16,21,23H,17-20,22H2,1-5H3,(H,35,36). The van der Waals surface area contributed by atoms with Gasteiger partial charge in [0.05, 0.1) is 18.9 Å². The molecule has 0 radical (unpaired) electrons. The van der Waals surface area contributed by atoms with Gasteiger partial charge in [0, 0.05) is 60.9 Å². The Labute approximate surface area is 247 Å². The van der Waals surface area contributed by atoms with Crippen LogP contribution in [-0.2, 0) is 18.3 Å². The molecule has 42 heavy (non-hydrogen) atoms. The second kappa shape index (κ2) is 12.3. The van der Waals surface area contributed by atoms with Crippen LogP contribution in [0.1, 0.15) is 42.3 Å². The number of nitrogens with one attached hydrogen (secondary N) is 1. The Morgan fingerprint density at radius 1 is 1.00 bits per heavy atom. The molecule has 1 aliphatic rings. The van der Waals surface area contributed by atoms with Gasteiger partial charge in [-0.05, 0) is 69.2 Å². The number of aromatic nitrogens is 2. The van der Waals surface area contributed by atoms with E-state index in [1.807, 2.05) is 93.3 Å². The second-order valence-electron chi connectivity index (χ2n) is 11.7. The quantitative estimate of drug-likeness (QED) is 0.306. The van der Waals surface area contributed by atoms with Crippen LogP contribution < -0.4 is 15.8 Å². The van der Waals surface area contributed by atoms with Crippen LogP contribution in [0.3, 0.4) is 0 Å². The molecule has 1 amide bonds. The number of nitrogens with zero attached hydrogens (tertiary/aromatic N) is 4. The van der Waals surface area contributed by atoms with E-state index in [1.165, 1.54) is 0 Å². The largest absolute Gasteiger partial charge is 0.379 e. The summed E-state index contributed by atoms with van der Waals surface area (Å²) in [6, 6.07) is 23.3. The van der Waals surface area contributed by atoms with Gasteiger partial charge >= 0.3 is 0 Å². The fourth-order valence-corrected chi connectivity index (χ4v) is 5.35. The van der Waals surface area contributed by atoms with E-state index in [0.717, 1.165) is 60.9 Å². The van der Waals surface area contributed by atoms with E-state index in [4.69, 9.17) is 9.72 Å². The summed E-state index contributed by atoms with van der Waals surface area (Å²) in [5, 5.41) is 3.27. The molecule has 1 saturated heterocycles. The van der Waals surface area contributed by atoms with E-state index in [1.54, 1.807) is 17.8 Å². The first-order valence-corrected chi connectivity index (χ1v) is 14.3. The minimum Gasteiger partial charge on any atom is -0.379 e. The molecule has 0 saturated carbocycles. The molecule has 8 nitrogen and oxygen atoms in total. The zero-order valence-electron chi connectivity index (χ0n) is 25.1. The van der Waals surface area contributed by atoms with Gasteiger partial charge in [0.1, 0.15) is 0 Å². The third kappa shape index (κ3) is 6.45. The minimum absolute atomic E-state index is 0.0731. The maximum atomic E-state index is 13.7. The molecule has 0 unspecified atom stereocenters. The Balaban J connectivity index is 1.48. The normalized spacial score (nSPS) is 14.0. The zero-order chi connectivity index (χ0) is 29.9. The van der Waals surface area contributed by atoms with Crippen molar-refractivity contribution in [1.82, 2.24) is 14.5 Å². The van der Waals surface area contributed by atoms with Crippen molar-refractivity contribution in [3.05, 3.63) is 106 Å². The molecule has 4 aromatic rings. The van der Waals surface area contributed by atoms with Gasteiger partial charge in [-0.15, -0.1) is 0 Å². The van der Waals surface area contributed by atoms with Gasteiger partial charge in [0.2, 0.25) is 0 Å². The van der Waals surface area contributed by atoms with E-state index >= 15 is 0 Å². The van der Waals surface area contributed by atoms with Crippen LogP contribution in [0.4, 0.5) is 17.2 Å². The maximum Gasteiger partial charge on any atom is 0.293 e. The van der Waals surface area contributed by atoms with Crippen molar-refractivity contribution in [2.45, 2.75) is 39.8 Å². The van der Waals surface area contributed by atoms with Crippen molar-refractivity contribution in [2.24, 2.45) is 7.05 Å². The molecule has 1 fully saturated rings. The van der Waals surface area contributed by atoms with Crippen LogP contribution in [-0.4, -0.2) is 52.2 Å². The SMILES string of the molecule is Cc1c(-c2cn(C)c(=O)c(Nc3cccc(CN4CCOCC4)c3)n2)cccc1N(C(=O)c1ccccc1)C(C)(C)C. The number of hydrogen-bond donors (Lipinski definition) is 1. The fourth-order valence-electron chi connectivity index (χ4n) is 5.35. The molecule has 218 valence electrons. The molecule has 0 aliphatic carbocycles. The lowest BCUT2D eigenvalue weighted by molar-refractivity contribution is 0.0342. The highest BCUT2D eigenvalue weighted by atomic mass is 16.5. The molecule has 0 atom stereocenters. The third-order valence-electron chi connectivity index (χ3n) is 7.49. The third-order valence-corrected chi connectivity index (χ3v) is 7.49. The van der Waals surface area contributed by atoms with Gasteiger partial charge in [-0.2, -0.15) is 0 Å². The number of aryl methyl sites for hydroxylation is 1. The first-order chi connectivity index (χ1) is 20.1. The number of hydrogen-bond acceptors (Lipinski definition) is 6. The van der Waals surface area contributed by atoms with E-state index in [9.17, 15) is 9.59 Å². The second-order valence-corrected chi connectivity index (χ2v) is 11.7. The highest BCUT2D eigenvalue weighted by Gasteiger charge is 2.30. The van der Waals surface area contributed by atoms with Gasteiger partial charge in [0.25, 0.3) is 11.5 Å². The van der Waals surface area contributed by atoms with Gasteiger partial charge in [0.15, 0.2) is 5.82 Å². The molecule has 2 heterocycles. The van der Waals surface area contributed by atoms with Gasteiger partial charge < -0.3 is 19.5 Å². The molecular formula is C34H39N5O3. The van der Waals surface area contributed by atoms with Crippen molar-refractivity contribution >= 4 is 23.1 Å². The topological polar surface area (TPSA) is 79.7 Å². The molecule has 5 rings (SSSR count). The Bertz CT molecular complexity index is 1620. The first-order valence-electron chi connectivity index (χ1n) is 14.3. The van der Waals surface area contributed by atoms with Gasteiger partial charge in [-0.1, -0.05) is 42.5 Å². The monoisotopic (exact) mass is 565 g/mol. The summed E-state index contributed by atoms with van der Waals surface area (Å²) in [5.74, 6) is 0.174. The van der Waals surface area contributed by atoms with Crippen molar-refractivity contribution in [3.8, 4) is 11.3 Å². The van der Waals surface area contributed by atoms with Crippen molar-refractivity contribution < 1.29 is 9.53 Å². The van der Waals surface area contributed by atoms with Gasteiger partial charge in [-0.25, -0.2) is 4.98 Å². The van der Waals surface area contributed by atoms with E-state index < -0.39 is 5.54 Å². The average Bonchev–Trinajstić information content (AvgIpc) is 2.97. The van der Waals surface area contributed by atoms with Crippen LogP contribution in [0.15, 0.2) is 83.8 Å². The first kappa shape index (κ1) is 29.2. The van der Waals surface area contributed by atoms with E-state index in [-0.39, 0.29) is 17.3 Å². The lowest BCUT2D eigenvalue weighted by Crippen LogP contribution is -2.46. The number of morpholine rings is 1. The number of carbonyl (C=O) groups is 1. The molecule has 1 aromatic heterocycles. The highest BCUT2D eigenvalue weighted by Crippen LogP contribution is 2.34. The van der Waals surface area contributed by atoms with Crippen molar-refractivity contribution in [2.75, 3.05) is 36.5 Å². The molecular weight excluding hydrogens is 526 g/mol. The van der Waals surface area contributed by atoms with Crippen LogP contribution in [0, 0.1) is 6.92 Å².